The predicted molar refractivity (Wildman–Crippen MR) is 204 cm³/mol. The molecular weight excluding hydrogens is 615 g/mol. The normalized spacial score (nSPS) is 11.5. The van der Waals surface area contributed by atoms with Crippen molar-refractivity contribution in [1.29, 1.82) is 0 Å². The van der Waals surface area contributed by atoms with Crippen LogP contribution >= 0.6 is 0 Å². The minimum Gasteiger partial charge on any atom is -0.295 e. The Hall–Kier alpha value is -6.66. The van der Waals surface area contributed by atoms with Gasteiger partial charge in [0.2, 0.25) is 0 Å². The van der Waals surface area contributed by atoms with Crippen molar-refractivity contribution in [3.8, 4) is 56.4 Å². The van der Waals surface area contributed by atoms with E-state index in [4.69, 9.17) is 15.0 Å². The molecule has 6 nitrogen and oxygen atoms in total. The average molecular weight is 646 g/mol. The smallest absolute Gasteiger partial charge is 0.295 e. The molecule has 7 aromatic carbocycles. The average Bonchev–Trinajstić information content (AvgIpc) is 3.40. The topological polar surface area (TPSA) is 65.6 Å². The van der Waals surface area contributed by atoms with Crippen molar-refractivity contribution in [2.45, 2.75) is 0 Å². The predicted octanol–water partition coefficient (Wildman–Crippen LogP) is 9.70. The molecule has 0 N–H and O–H groups in total. The summed E-state index contributed by atoms with van der Waals surface area (Å²) in [5, 5.41) is 4.99. The molecule has 0 radical (unpaired) electrons. The zero-order valence-corrected chi connectivity index (χ0v) is 27.6. The van der Waals surface area contributed by atoms with Gasteiger partial charge in [-0.15, -0.1) is 0 Å². The highest BCUT2D eigenvalue weighted by atomic mass is 16.1. The summed E-state index contributed by atoms with van der Waals surface area (Å²) >= 11 is 0. The first-order valence-electron chi connectivity index (χ1n) is 16.6. The fourth-order valence-corrected chi connectivity index (χ4v) is 6.85. The van der Waals surface area contributed by atoms with Gasteiger partial charge in [-0.2, -0.15) is 0 Å². The van der Waals surface area contributed by atoms with Crippen LogP contribution in [0.1, 0.15) is 0 Å². The maximum Gasteiger partial charge on any atom is 0.328 e. The first-order valence-corrected chi connectivity index (χ1v) is 16.6. The summed E-state index contributed by atoms with van der Waals surface area (Å²) in [7, 11) is 3.60. The Labute approximate surface area is 288 Å². The second kappa shape index (κ2) is 11.8. The van der Waals surface area contributed by atoms with Crippen LogP contribution < -0.4 is 5.69 Å². The maximum atomic E-state index is 12.5. The van der Waals surface area contributed by atoms with Crippen molar-refractivity contribution in [3.05, 3.63) is 162 Å². The van der Waals surface area contributed by atoms with Gasteiger partial charge in [-0.25, -0.2) is 19.7 Å². The van der Waals surface area contributed by atoms with Crippen LogP contribution in [-0.4, -0.2) is 24.1 Å². The number of aryl methyl sites for hydroxylation is 2. The van der Waals surface area contributed by atoms with E-state index in [-0.39, 0.29) is 5.69 Å². The number of hydrogen-bond donors (Lipinski definition) is 0. The molecule has 0 aliphatic carbocycles. The first-order chi connectivity index (χ1) is 24.5. The van der Waals surface area contributed by atoms with E-state index in [0.29, 0.717) is 17.5 Å². The number of fused-ring (bicyclic) bond motifs is 4. The quantitative estimate of drug-likeness (QED) is 0.175. The molecule has 6 heteroatoms. The highest BCUT2D eigenvalue weighted by Crippen LogP contribution is 2.32. The molecule has 0 spiro atoms. The Morgan fingerprint density at radius 3 is 1.50 bits per heavy atom. The SMILES string of the molecule is Cn1c(=O)n(C)c2cc(-c3ccc(-c4nc(-c5ccccc5)nc(-c5ccc(-c6ccc7c(ccc8ccccc87)c6)cc5)n4)cc3)ccc21. The summed E-state index contributed by atoms with van der Waals surface area (Å²) in [5.74, 6) is 1.84. The van der Waals surface area contributed by atoms with E-state index in [1.807, 2.05) is 48.5 Å². The van der Waals surface area contributed by atoms with Gasteiger partial charge < -0.3 is 0 Å². The van der Waals surface area contributed by atoms with E-state index in [9.17, 15) is 4.79 Å². The van der Waals surface area contributed by atoms with Crippen molar-refractivity contribution >= 4 is 32.6 Å². The van der Waals surface area contributed by atoms with Crippen molar-refractivity contribution in [1.82, 2.24) is 24.1 Å². The second-order valence-electron chi connectivity index (χ2n) is 12.7. The van der Waals surface area contributed by atoms with Crippen molar-refractivity contribution < 1.29 is 0 Å². The lowest BCUT2D eigenvalue weighted by Crippen LogP contribution is -2.19. The molecule has 0 unspecified atom stereocenters. The number of imidazole rings is 1. The van der Waals surface area contributed by atoms with Crippen LogP contribution in [0.3, 0.4) is 0 Å². The van der Waals surface area contributed by atoms with E-state index in [1.165, 1.54) is 21.5 Å². The Balaban J connectivity index is 1.07. The van der Waals surface area contributed by atoms with Crippen molar-refractivity contribution in [2.24, 2.45) is 14.1 Å². The Bertz CT molecular complexity index is 2780. The molecule has 50 heavy (non-hydrogen) atoms. The monoisotopic (exact) mass is 645 g/mol. The highest BCUT2D eigenvalue weighted by molar-refractivity contribution is 6.08. The number of aromatic nitrogens is 5. The van der Waals surface area contributed by atoms with Crippen LogP contribution in [0.2, 0.25) is 0 Å². The van der Waals surface area contributed by atoms with Gasteiger partial charge in [0, 0.05) is 30.8 Å². The lowest BCUT2D eigenvalue weighted by molar-refractivity contribution is 0.795. The van der Waals surface area contributed by atoms with Crippen LogP contribution in [0.15, 0.2) is 156 Å². The third-order valence-electron chi connectivity index (χ3n) is 9.64. The zero-order valence-electron chi connectivity index (χ0n) is 27.6. The van der Waals surface area contributed by atoms with E-state index in [2.05, 4.69) is 103 Å². The molecule has 0 atom stereocenters. The second-order valence-corrected chi connectivity index (χ2v) is 12.7. The summed E-state index contributed by atoms with van der Waals surface area (Å²) in [6.07, 6.45) is 0. The standard InChI is InChI=1S/C44H31N5O/c1-48-39-25-23-35(27-40(39)49(2)44(48)50)29-14-19-33(20-15-29)43-46-41(31-9-4-3-5-10-31)45-42(47-43)32-17-12-28(13-18-32)34-22-24-38-36(26-34)21-16-30-8-6-7-11-37(30)38/h3-27H,1-2H3. The van der Waals surface area contributed by atoms with Gasteiger partial charge in [0.1, 0.15) is 0 Å². The summed E-state index contributed by atoms with van der Waals surface area (Å²) in [5.41, 5.74) is 8.87. The molecule has 2 aromatic heterocycles. The largest absolute Gasteiger partial charge is 0.328 e. The van der Waals surface area contributed by atoms with Gasteiger partial charge in [-0.1, -0.05) is 133 Å². The van der Waals surface area contributed by atoms with Gasteiger partial charge in [0.15, 0.2) is 17.5 Å². The van der Waals surface area contributed by atoms with Gasteiger partial charge in [0.05, 0.1) is 11.0 Å². The molecule has 0 bridgehead atoms. The molecular formula is C44H31N5O. The van der Waals surface area contributed by atoms with E-state index in [1.54, 1.807) is 23.2 Å². The van der Waals surface area contributed by atoms with Crippen LogP contribution in [0, 0.1) is 0 Å². The minimum atomic E-state index is -0.0375. The molecule has 0 saturated carbocycles. The molecule has 9 aromatic rings. The van der Waals surface area contributed by atoms with Gasteiger partial charge in [0.25, 0.3) is 0 Å². The van der Waals surface area contributed by atoms with Crippen molar-refractivity contribution in [3.63, 3.8) is 0 Å². The van der Waals surface area contributed by atoms with Gasteiger partial charge in [-0.05, 0) is 62.0 Å². The number of rotatable bonds is 5. The van der Waals surface area contributed by atoms with Crippen molar-refractivity contribution in [2.75, 3.05) is 0 Å². The van der Waals surface area contributed by atoms with Gasteiger partial charge >= 0.3 is 5.69 Å². The number of benzene rings is 7. The molecule has 9 rings (SSSR count). The molecule has 0 saturated heterocycles. The van der Waals surface area contributed by atoms with Crippen LogP contribution in [0.4, 0.5) is 0 Å². The van der Waals surface area contributed by atoms with E-state index in [0.717, 1.165) is 50.0 Å². The lowest BCUT2D eigenvalue weighted by Gasteiger charge is -2.10. The highest BCUT2D eigenvalue weighted by Gasteiger charge is 2.14. The van der Waals surface area contributed by atoms with E-state index < -0.39 is 0 Å². The molecule has 0 amide bonds. The minimum absolute atomic E-state index is 0.0375. The van der Waals surface area contributed by atoms with Gasteiger partial charge in [-0.3, -0.25) is 9.13 Å². The third kappa shape index (κ3) is 5.06. The lowest BCUT2D eigenvalue weighted by atomic mass is 9.97. The zero-order chi connectivity index (χ0) is 33.8. The summed E-state index contributed by atoms with van der Waals surface area (Å²) in [6, 6.07) is 52.4. The van der Waals surface area contributed by atoms with Crippen LogP contribution in [-0.2, 0) is 14.1 Å². The Morgan fingerprint density at radius 2 is 0.840 bits per heavy atom. The maximum absolute atomic E-state index is 12.5. The fraction of sp³-hybridized carbons (Fsp3) is 0.0455. The fourth-order valence-electron chi connectivity index (χ4n) is 6.85. The number of nitrogens with zero attached hydrogens (tertiary/aromatic N) is 5. The first kappa shape index (κ1) is 29.5. The molecule has 0 aliphatic rings. The molecule has 0 aliphatic heterocycles. The van der Waals surface area contributed by atoms with Crippen LogP contribution in [0.25, 0.3) is 89.0 Å². The molecule has 238 valence electrons. The summed E-state index contributed by atoms with van der Waals surface area (Å²) < 4.78 is 3.35. The summed E-state index contributed by atoms with van der Waals surface area (Å²) in [4.78, 5) is 27.3. The Kier molecular flexibility index (Phi) is 6.95. The molecule has 0 fully saturated rings. The summed E-state index contributed by atoms with van der Waals surface area (Å²) in [6.45, 7) is 0. The van der Waals surface area contributed by atoms with E-state index >= 15 is 0 Å². The number of hydrogen-bond acceptors (Lipinski definition) is 4. The molecule has 2 heterocycles. The van der Waals surface area contributed by atoms with Crippen LogP contribution in [0.5, 0.6) is 0 Å². The Morgan fingerprint density at radius 1 is 0.380 bits per heavy atom. The third-order valence-corrected chi connectivity index (χ3v) is 9.64.